The van der Waals surface area contributed by atoms with Crippen LogP contribution in [0.15, 0.2) is 11.1 Å². The molecule has 1 aromatic heterocycles. The van der Waals surface area contributed by atoms with Crippen LogP contribution in [0.1, 0.15) is 18.5 Å². The van der Waals surface area contributed by atoms with Gasteiger partial charge in [-0.2, -0.15) is 5.10 Å². The zero-order valence-electron chi connectivity index (χ0n) is 14.2. The van der Waals surface area contributed by atoms with Gasteiger partial charge in [0.1, 0.15) is 17.9 Å². The van der Waals surface area contributed by atoms with Gasteiger partial charge in [0.2, 0.25) is 11.9 Å². The van der Waals surface area contributed by atoms with Crippen LogP contribution < -0.4 is 11.1 Å². The fourth-order valence-electron chi connectivity index (χ4n) is 3.10. The molecule has 9 heteroatoms. The number of carbonyl (C=O) groups is 2. The van der Waals surface area contributed by atoms with E-state index in [1.165, 1.54) is 4.68 Å². The van der Waals surface area contributed by atoms with E-state index in [9.17, 15) is 9.59 Å². The number of carbonyl (C=O) groups excluding carboxylic acids is 2. The van der Waals surface area contributed by atoms with Crippen LogP contribution in [0.25, 0.3) is 0 Å². The summed E-state index contributed by atoms with van der Waals surface area (Å²) in [5.74, 6) is 0.935. The van der Waals surface area contributed by atoms with E-state index in [0.29, 0.717) is 37.7 Å². The minimum Gasteiger partial charge on any atom is -0.384 e. The van der Waals surface area contributed by atoms with Crippen LogP contribution in [0.5, 0.6) is 0 Å². The zero-order valence-corrected chi connectivity index (χ0v) is 14.2. The fourth-order valence-corrected chi connectivity index (χ4v) is 3.10. The second-order valence-electron chi connectivity index (χ2n) is 6.56. The first-order valence-corrected chi connectivity index (χ1v) is 7.97. The summed E-state index contributed by atoms with van der Waals surface area (Å²) in [4.78, 5) is 32.8. The van der Waals surface area contributed by atoms with Gasteiger partial charge in [-0.3, -0.25) is 14.9 Å². The number of amides is 2. The fraction of sp³-hybridized carbons (Fsp3) is 0.600. The number of likely N-dealkylation sites (tertiary alicyclic amines) is 1. The van der Waals surface area contributed by atoms with Gasteiger partial charge < -0.3 is 15.5 Å². The number of anilines is 1. The van der Waals surface area contributed by atoms with Gasteiger partial charge in [-0.1, -0.05) is 0 Å². The number of aryl methyl sites for hydroxylation is 1. The predicted molar refractivity (Wildman–Crippen MR) is 89.2 cm³/mol. The Labute approximate surface area is 140 Å². The summed E-state index contributed by atoms with van der Waals surface area (Å²) >= 11 is 0. The van der Waals surface area contributed by atoms with Crippen LogP contribution >= 0.6 is 0 Å². The number of aromatic nitrogens is 2. The maximum Gasteiger partial charge on any atom is 0.254 e. The molecule has 0 aromatic carbocycles. The average molecular weight is 333 g/mol. The summed E-state index contributed by atoms with van der Waals surface area (Å²) in [5.41, 5.74) is 5.87. The van der Waals surface area contributed by atoms with Crippen LogP contribution in [0, 0.1) is 6.92 Å². The molecule has 3 rings (SSSR count). The largest absolute Gasteiger partial charge is 0.384 e. The molecule has 0 bridgehead atoms. The number of nitrogens with zero attached hydrogens (tertiary/aromatic N) is 5. The van der Waals surface area contributed by atoms with Gasteiger partial charge >= 0.3 is 0 Å². The molecule has 0 saturated carbocycles. The second-order valence-corrected chi connectivity index (χ2v) is 6.56. The number of guanidine groups is 1. The first kappa shape index (κ1) is 16.3. The number of nitrogens with two attached hydrogens (primary N) is 1. The Morgan fingerprint density at radius 2 is 2.08 bits per heavy atom. The molecule has 3 N–H and O–H groups in total. The van der Waals surface area contributed by atoms with Gasteiger partial charge in [0, 0.05) is 33.3 Å². The van der Waals surface area contributed by atoms with E-state index < -0.39 is 5.54 Å². The van der Waals surface area contributed by atoms with Crippen LogP contribution in [0.3, 0.4) is 0 Å². The normalized spacial score (nSPS) is 19.4. The molecular weight excluding hydrogens is 310 g/mol. The lowest BCUT2D eigenvalue weighted by atomic mass is 9.88. The maximum absolute atomic E-state index is 12.5. The lowest BCUT2D eigenvalue weighted by Crippen LogP contribution is -2.51. The van der Waals surface area contributed by atoms with Crippen molar-refractivity contribution in [2.24, 2.45) is 4.99 Å². The number of hydrogen-bond donors (Lipinski definition) is 2. The third kappa shape index (κ3) is 2.81. The Kier molecular flexibility index (Phi) is 3.94. The minimum absolute atomic E-state index is 0.0464. The van der Waals surface area contributed by atoms with Gasteiger partial charge in [0.15, 0.2) is 0 Å². The molecule has 1 saturated heterocycles. The van der Waals surface area contributed by atoms with Crippen LogP contribution in [-0.4, -0.2) is 70.1 Å². The highest BCUT2D eigenvalue weighted by Crippen LogP contribution is 2.30. The van der Waals surface area contributed by atoms with Gasteiger partial charge in [-0.15, -0.1) is 0 Å². The minimum atomic E-state index is -0.738. The molecule has 0 radical (unpaired) electrons. The summed E-state index contributed by atoms with van der Waals surface area (Å²) in [6.07, 6.45) is 1.05. The van der Waals surface area contributed by atoms with Gasteiger partial charge in [-0.05, 0) is 19.8 Å². The molecule has 1 fully saturated rings. The van der Waals surface area contributed by atoms with E-state index in [0.717, 1.165) is 5.69 Å². The summed E-state index contributed by atoms with van der Waals surface area (Å²) in [7, 11) is 3.68. The molecule has 1 aromatic rings. The lowest BCUT2D eigenvalue weighted by Gasteiger charge is -2.35. The Balaban J connectivity index is 1.64. The lowest BCUT2D eigenvalue weighted by molar-refractivity contribution is -0.136. The molecule has 1 spiro atoms. The van der Waals surface area contributed by atoms with E-state index in [4.69, 9.17) is 5.73 Å². The van der Waals surface area contributed by atoms with E-state index in [1.54, 1.807) is 15.9 Å². The Hall–Kier alpha value is -2.58. The molecule has 0 atom stereocenters. The van der Waals surface area contributed by atoms with Crippen LogP contribution in [0.4, 0.5) is 5.82 Å². The molecule has 24 heavy (non-hydrogen) atoms. The monoisotopic (exact) mass is 333 g/mol. The first-order valence-electron chi connectivity index (χ1n) is 7.97. The van der Waals surface area contributed by atoms with Gasteiger partial charge in [0.05, 0.1) is 5.69 Å². The standard InChI is InChI=1S/C15H23N7O2/c1-10-8-11(16)22(19-10)9-12(23)21-6-4-15(5-7-21)13(24)17-14(18-15)20(2)3/h8H,4-7,9,16H2,1-3H3,(H,17,18,24). The molecule has 2 amide bonds. The van der Waals surface area contributed by atoms with Gasteiger partial charge in [0.25, 0.3) is 5.91 Å². The van der Waals surface area contributed by atoms with Crippen molar-refractivity contribution in [3.8, 4) is 0 Å². The van der Waals surface area contributed by atoms with Crippen molar-refractivity contribution in [1.29, 1.82) is 0 Å². The highest BCUT2D eigenvalue weighted by atomic mass is 16.2. The highest BCUT2D eigenvalue weighted by molar-refractivity contribution is 6.07. The number of rotatable bonds is 2. The number of nitrogens with one attached hydrogen (secondary N) is 1. The van der Waals surface area contributed by atoms with E-state index >= 15 is 0 Å². The van der Waals surface area contributed by atoms with Gasteiger partial charge in [-0.25, -0.2) is 9.67 Å². The Morgan fingerprint density at radius 1 is 1.42 bits per heavy atom. The number of nitrogen functional groups attached to an aromatic ring is 1. The molecule has 9 nitrogen and oxygen atoms in total. The molecule has 3 heterocycles. The Morgan fingerprint density at radius 3 is 2.58 bits per heavy atom. The van der Waals surface area contributed by atoms with Crippen molar-refractivity contribution in [2.45, 2.75) is 31.8 Å². The van der Waals surface area contributed by atoms with E-state index in [-0.39, 0.29) is 18.4 Å². The van der Waals surface area contributed by atoms with Crippen LogP contribution in [0.2, 0.25) is 0 Å². The molecule has 0 aliphatic carbocycles. The Bertz CT molecular complexity index is 699. The van der Waals surface area contributed by atoms with Crippen molar-refractivity contribution in [3.05, 3.63) is 11.8 Å². The number of aliphatic imine (C=N–C) groups is 1. The third-order valence-corrected chi connectivity index (χ3v) is 4.55. The second kappa shape index (κ2) is 5.81. The molecular formula is C15H23N7O2. The van der Waals surface area contributed by atoms with E-state index in [2.05, 4.69) is 15.4 Å². The summed E-state index contributed by atoms with van der Waals surface area (Å²) in [6, 6.07) is 1.73. The SMILES string of the molecule is Cc1cc(N)n(CC(=O)N2CCC3(CC2)N=C(N(C)C)NC3=O)n1. The third-order valence-electron chi connectivity index (χ3n) is 4.55. The number of hydrogen-bond acceptors (Lipinski definition) is 6. The van der Waals surface area contributed by atoms with Crippen molar-refractivity contribution in [2.75, 3.05) is 32.9 Å². The molecule has 2 aliphatic heterocycles. The summed E-state index contributed by atoms with van der Waals surface area (Å²) in [6.45, 7) is 2.94. The quantitative estimate of drug-likeness (QED) is 0.735. The van der Waals surface area contributed by atoms with Crippen molar-refractivity contribution < 1.29 is 9.59 Å². The van der Waals surface area contributed by atoms with Crippen molar-refractivity contribution >= 4 is 23.6 Å². The summed E-state index contributed by atoms with van der Waals surface area (Å²) in [5, 5.41) is 7.02. The first-order chi connectivity index (χ1) is 11.3. The van der Waals surface area contributed by atoms with Crippen molar-refractivity contribution in [1.82, 2.24) is 24.9 Å². The summed E-state index contributed by atoms with van der Waals surface area (Å²) < 4.78 is 1.51. The highest BCUT2D eigenvalue weighted by Gasteiger charge is 2.46. The predicted octanol–water partition coefficient (Wildman–Crippen LogP) is -0.818. The topological polar surface area (TPSA) is 109 Å². The maximum atomic E-state index is 12.5. The zero-order chi connectivity index (χ0) is 17.5. The average Bonchev–Trinajstić information content (AvgIpc) is 3.00. The molecule has 130 valence electrons. The van der Waals surface area contributed by atoms with E-state index in [1.807, 2.05) is 21.0 Å². The van der Waals surface area contributed by atoms with Crippen molar-refractivity contribution in [3.63, 3.8) is 0 Å². The smallest absolute Gasteiger partial charge is 0.254 e. The number of piperidine rings is 1. The molecule has 2 aliphatic rings. The van der Waals surface area contributed by atoms with Crippen LogP contribution in [-0.2, 0) is 16.1 Å². The molecule has 0 unspecified atom stereocenters.